The number of carboxylic acid groups (broad SMARTS) is 1. The smallest absolute Gasteiger partial charge is 0.337 e. The van der Waals surface area contributed by atoms with Crippen molar-refractivity contribution in [1.82, 2.24) is 9.55 Å². The number of benzene rings is 1. The lowest BCUT2D eigenvalue weighted by Crippen LogP contribution is -2.05. The van der Waals surface area contributed by atoms with Gasteiger partial charge in [-0.05, 0) is 37.8 Å². The minimum atomic E-state index is -0.917. The lowest BCUT2D eigenvalue weighted by atomic mass is 10.1. The van der Waals surface area contributed by atoms with E-state index in [1.54, 1.807) is 18.5 Å². The van der Waals surface area contributed by atoms with Gasteiger partial charge in [-0.1, -0.05) is 6.07 Å². The molecule has 0 bridgehead atoms. The summed E-state index contributed by atoms with van der Waals surface area (Å²) < 4.78 is 2.10. The van der Waals surface area contributed by atoms with Crippen LogP contribution >= 0.6 is 0 Å². The van der Waals surface area contributed by atoms with Crippen LogP contribution in [0.25, 0.3) is 11.0 Å². The van der Waals surface area contributed by atoms with Crippen LogP contribution in [-0.4, -0.2) is 20.6 Å². The Balaban J connectivity index is 2.15. The van der Waals surface area contributed by atoms with Crippen molar-refractivity contribution < 1.29 is 9.90 Å². The zero-order chi connectivity index (χ0) is 12.0. The van der Waals surface area contributed by atoms with E-state index in [4.69, 9.17) is 5.11 Å². The van der Waals surface area contributed by atoms with Gasteiger partial charge in [-0.3, -0.25) is 0 Å². The first-order valence-corrected chi connectivity index (χ1v) is 5.87. The van der Waals surface area contributed by atoms with Crippen LogP contribution in [0.4, 0.5) is 0 Å². The van der Waals surface area contributed by atoms with Crippen molar-refractivity contribution in [2.75, 3.05) is 0 Å². The van der Waals surface area contributed by atoms with Crippen LogP contribution in [-0.2, 0) is 0 Å². The van der Waals surface area contributed by atoms with Crippen LogP contribution in [0.2, 0.25) is 0 Å². The number of carbonyl (C=O) groups is 1. The Kier molecular flexibility index (Phi) is 2.18. The first kappa shape index (κ1) is 10.3. The fraction of sp³-hybridized carbons (Fsp3) is 0.385. The van der Waals surface area contributed by atoms with Gasteiger partial charge < -0.3 is 9.67 Å². The second-order valence-electron chi connectivity index (χ2n) is 4.71. The molecule has 0 spiro atoms. The van der Waals surface area contributed by atoms with E-state index < -0.39 is 5.97 Å². The van der Waals surface area contributed by atoms with Crippen LogP contribution in [0, 0.1) is 5.92 Å². The van der Waals surface area contributed by atoms with Gasteiger partial charge in [-0.2, -0.15) is 0 Å². The number of carboxylic acids is 1. The molecule has 17 heavy (non-hydrogen) atoms. The van der Waals surface area contributed by atoms with Crippen molar-refractivity contribution in [1.29, 1.82) is 0 Å². The zero-order valence-corrected chi connectivity index (χ0v) is 9.63. The molecule has 1 saturated carbocycles. The van der Waals surface area contributed by atoms with E-state index in [1.807, 2.05) is 6.07 Å². The highest BCUT2D eigenvalue weighted by Gasteiger charge is 2.30. The third-order valence-electron chi connectivity index (χ3n) is 3.58. The van der Waals surface area contributed by atoms with E-state index in [2.05, 4.69) is 16.5 Å². The van der Waals surface area contributed by atoms with Gasteiger partial charge >= 0.3 is 5.97 Å². The Labute approximate surface area is 98.9 Å². The molecule has 0 amide bonds. The maximum absolute atomic E-state index is 11.1. The average molecular weight is 230 g/mol. The highest BCUT2D eigenvalue weighted by atomic mass is 16.4. The molecule has 1 aliphatic carbocycles. The predicted molar refractivity (Wildman–Crippen MR) is 64.1 cm³/mol. The summed E-state index contributed by atoms with van der Waals surface area (Å²) >= 11 is 0. The molecule has 1 aromatic carbocycles. The molecule has 1 N–H and O–H groups in total. The Hall–Kier alpha value is -1.84. The quantitative estimate of drug-likeness (QED) is 0.882. The summed E-state index contributed by atoms with van der Waals surface area (Å²) in [6.45, 7) is 2.17. The fourth-order valence-corrected chi connectivity index (χ4v) is 2.36. The topological polar surface area (TPSA) is 55.1 Å². The van der Waals surface area contributed by atoms with E-state index in [1.165, 1.54) is 12.8 Å². The molecule has 4 nitrogen and oxygen atoms in total. The van der Waals surface area contributed by atoms with Crippen LogP contribution in [0.15, 0.2) is 24.5 Å². The summed E-state index contributed by atoms with van der Waals surface area (Å²) in [5.74, 6) is -0.194. The van der Waals surface area contributed by atoms with E-state index in [0.29, 0.717) is 11.6 Å². The SMILES string of the molecule is CC(C1CC1)n1cnc2c(C(=O)O)cccc21. The lowest BCUT2D eigenvalue weighted by Gasteiger charge is -2.13. The molecule has 0 aliphatic heterocycles. The van der Waals surface area contributed by atoms with Crippen LogP contribution in [0.3, 0.4) is 0 Å². The maximum atomic E-state index is 11.1. The molecule has 4 heteroatoms. The molecule has 1 heterocycles. The molecule has 1 unspecified atom stereocenters. The molecule has 1 fully saturated rings. The molecule has 1 aromatic heterocycles. The summed E-state index contributed by atoms with van der Waals surface area (Å²) in [5, 5.41) is 9.10. The molecule has 0 radical (unpaired) electrons. The summed E-state index contributed by atoms with van der Waals surface area (Å²) in [7, 11) is 0. The van der Waals surface area contributed by atoms with E-state index >= 15 is 0 Å². The molecule has 1 aliphatic rings. The highest BCUT2D eigenvalue weighted by Crippen LogP contribution is 2.40. The summed E-state index contributed by atoms with van der Waals surface area (Å²) in [6, 6.07) is 5.73. The zero-order valence-electron chi connectivity index (χ0n) is 9.63. The summed E-state index contributed by atoms with van der Waals surface area (Å²) in [5.41, 5.74) is 1.79. The third-order valence-corrected chi connectivity index (χ3v) is 3.58. The lowest BCUT2D eigenvalue weighted by molar-refractivity contribution is 0.0699. The fourth-order valence-electron chi connectivity index (χ4n) is 2.36. The van der Waals surface area contributed by atoms with Crippen molar-refractivity contribution in [2.45, 2.75) is 25.8 Å². The second-order valence-corrected chi connectivity index (χ2v) is 4.71. The first-order chi connectivity index (χ1) is 8.18. The van der Waals surface area contributed by atoms with E-state index in [0.717, 1.165) is 11.4 Å². The first-order valence-electron chi connectivity index (χ1n) is 5.87. The Morgan fingerprint density at radius 3 is 2.94 bits per heavy atom. The van der Waals surface area contributed by atoms with Crippen molar-refractivity contribution in [3.05, 3.63) is 30.1 Å². The monoisotopic (exact) mass is 230 g/mol. The number of imidazole rings is 1. The number of hydrogen-bond acceptors (Lipinski definition) is 2. The van der Waals surface area contributed by atoms with Crippen LogP contribution < -0.4 is 0 Å². The largest absolute Gasteiger partial charge is 0.478 e. The Morgan fingerprint density at radius 2 is 2.29 bits per heavy atom. The number of para-hydroxylation sites is 1. The van der Waals surface area contributed by atoms with Crippen LogP contribution in [0.1, 0.15) is 36.2 Å². The molecule has 88 valence electrons. The summed E-state index contributed by atoms with van der Waals surface area (Å²) in [6.07, 6.45) is 4.29. The molecule has 3 rings (SSSR count). The minimum absolute atomic E-state index is 0.282. The highest BCUT2D eigenvalue weighted by molar-refractivity contribution is 6.00. The normalized spacial score (nSPS) is 17.2. The number of hydrogen-bond donors (Lipinski definition) is 1. The van der Waals surface area contributed by atoms with Gasteiger partial charge in [0.2, 0.25) is 0 Å². The van der Waals surface area contributed by atoms with Gasteiger partial charge in [-0.25, -0.2) is 9.78 Å². The van der Waals surface area contributed by atoms with Gasteiger partial charge in [0.15, 0.2) is 0 Å². The van der Waals surface area contributed by atoms with Crippen LogP contribution in [0.5, 0.6) is 0 Å². The van der Waals surface area contributed by atoms with Gasteiger partial charge in [0, 0.05) is 6.04 Å². The Bertz CT molecular complexity index is 584. The molecule has 1 atom stereocenters. The molecule has 0 saturated heterocycles. The maximum Gasteiger partial charge on any atom is 0.337 e. The number of fused-ring (bicyclic) bond motifs is 1. The van der Waals surface area contributed by atoms with Gasteiger partial charge in [0.25, 0.3) is 0 Å². The number of aromatic carboxylic acids is 1. The van der Waals surface area contributed by atoms with E-state index in [-0.39, 0.29) is 5.56 Å². The second kappa shape index (κ2) is 3.58. The minimum Gasteiger partial charge on any atom is -0.478 e. The number of rotatable bonds is 3. The molecule has 2 aromatic rings. The number of nitrogens with zero attached hydrogens (tertiary/aromatic N) is 2. The van der Waals surface area contributed by atoms with Crippen molar-refractivity contribution in [2.24, 2.45) is 5.92 Å². The van der Waals surface area contributed by atoms with Gasteiger partial charge in [0.05, 0.1) is 17.4 Å². The van der Waals surface area contributed by atoms with Crippen molar-refractivity contribution in [3.63, 3.8) is 0 Å². The Morgan fingerprint density at radius 1 is 1.53 bits per heavy atom. The third kappa shape index (κ3) is 1.60. The summed E-state index contributed by atoms with van der Waals surface area (Å²) in [4.78, 5) is 15.3. The molecular weight excluding hydrogens is 216 g/mol. The van der Waals surface area contributed by atoms with Crippen molar-refractivity contribution >= 4 is 17.0 Å². The molecular formula is C13H14N2O2. The number of aromatic nitrogens is 2. The van der Waals surface area contributed by atoms with Gasteiger partial charge in [-0.15, -0.1) is 0 Å². The average Bonchev–Trinajstić information content (AvgIpc) is 3.07. The van der Waals surface area contributed by atoms with Crippen molar-refractivity contribution in [3.8, 4) is 0 Å². The van der Waals surface area contributed by atoms with Gasteiger partial charge in [0.1, 0.15) is 5.52 Å². The standard InChI is InChI=1S/C13H14N2O2/c1-8(9-5-6-9)15-7-14-12-10(13(16)17)3-2-4-11(12)15/h2-4,7-9H,5-6H2,1H3,(H,16,17). The van der Waals surface area contributed by atoms with E-state index in [9.17, 15) is 4.79 Å². The predicted octanol–water partition coefficient (Wildman–Crippen LogP) is 2.71.